The molecule has 262 valence electrons. The third kappa shape index (κ3) is 4.74. The third-order valence-electron chi connectivity index (χ3n) is 11.3. The van der Waals surface area contributed by atoms with Crippen LogP contribution in [0.2, 0.25) is 0 Å². The van der Waals surface area contributed by atoms with E-state index in [2.05, 4.69) is 141 Å². The van der Waals surface area contributed by atoms with Crippen molar-refractivity contribution in [2.24, 2.45) is 0 Å². The molecule has 0 N–H and O–H groups in total. The number of aromatic nitrogens is 3. The maximum atomic E-state index is 10.4. The second-order valence-corrected chi connectivity index (χ2v) is 14.3. The van der Waals surface area contributed by atoms with Crippen LogP contribution < -0.4 is 0 Å². The summed E-state index contributed by atoms with van der Waals surface area (Å²) in [5.41, 5.74) is 12.7. The van der Waals surface area contributed by atoms with Crippen LogP contribution in [-0.4, -0.2) is 13.7 Å². The van der Waals surface area contributed by atoms with E-state index >= 15 is 0 Å². The van der Waals surface area contributed by atoms with E-state index in [4.69, 9.17) is 0 Å². The summed E-state index contributed by atoms with van der Waals surface area (Å²) >= 11 is 0. The molecule has 3 heterocycles. The van der Waals surface area contributed by atoms with Crippen molar-refractivity contribution in [3.05, 3.63) is 187 Å². The van der Waals surface area contributed by atoms with Crippen LogP contribution in [-0.2, 0) is 0 Å². The average molecular weight is 725 g/mol. The quantitative estimate of drug-likeness (QED) is 0.181. The molecule has 3 aromatic heterocycles. The maximum Gasteiger partial charge on any atom is 0.0992 e. The monoisotopic (exact) mass is 724 g/mol. The Morgan fingerprint density at radius 3 is 1.47 bits per heavy atom. The van der Waals surface area contributed by atoms with Crippen molar-refractivity contribution in [3.63, 3.8) is 0 Å². The van der Waals surface area contributed by atoms with Gasteiger partial charge in [-0.25, -0.2) is 0 Å². The van der Waals surface area contributed by atoms with Gasteiger partial charge in [-0.05, 0) is 102 Å². The highest BCUT2D eigenvalue weighted by Crippen LogP contribution is 2.41. The first-order chi connectivity index (χ1) is 28.1. The third-order valence-corrected chi connectivity index (χ3v) is 11.3. The van der Waals surface area contributed by atoms with Gasteiger partial charge in [-0.2, -0.15) is 15.8 Å². The molecule has 8 aromatic carbocycles. The van der Waals surface area contributed by atoms with Gasteiger partial charge in [0.05, 0.1) is 73.7 Å². The van der Waals surface area contributed by atoms with Gasteiger partial charge in [0.1, 0.15) is 0 Å². The Kier molecular flexibility index (Phi) is 6.95. The summed E-state index contributed by atoms with van der Waals surface area (Å²) in [4.78, 5) is 0. The predicted octanol–water partition coefficient (Wildman–Crippen LogP) is 12.3. The molecule has 0 saturated heterocycles. The first kappa shape index (κ1) is 32.1. The van der Waals surface area contributed by atoms with E-state index in [1.807, 2.05) is 60.7 Å². The number of fused-ring (bicyclic) bond motifs is 9. The molecular weight excluding hydrogens is 697 g/mol. The van der Waals surface area contributed by atoms with Crippen LogP contribution in [0.25, 0.3) is 93.6 Å². The molecule has 0 saturated carbocycles. The van der Waals surface area contributed by atoms with Crippen LogP contribution in [0, 0.1) is 34.0 Å². The normalized spacial score (nSPS) is 11.5. The second kappa shape index (κ2) is 12.3. The molecular formula is C51H28N6. The van der Waals surface area contributed by atoms with Crippen molar-refractivity contribution in [3.8, 4) is 46.4 Å². The van der Waals surface area contributed by atoms with Crippen LogP contribution in [0.4, 0.5) is 0 Å². The van der Waals surface area contributed by atoms with Gasteiger partial charge < -0.3 is 13.7 Å². The van der Waals surface area contributed by atoms with E-state index in [0.29, 0.717) is 16.7 Å². The summed E-state index contributed by atoms with van der Waals surface area (Å²) in [6.07, 6.45) is 0. The molecule has 0 atom stereocenters. The van der Waals surface area contributed by atoms with Gasteiger partial charge in [-0.3, -0.25) is 0 Å². The van der Waals surface area contributed by atoms with Crippen molar-refractivity contribution in [2.75, 3.05) is 0 Å². The molecule has 11 rings (SSSR count). The molecule has 0 spiro atoms. The van der Waals surface area contributed by atoms with E-state index in [9.17, 15) is 15.8 Å². The number of nitrogens with zero attached hydrogens (tertiary/aromatic N) is 6. The van der Waals surface area contributed by atoms with Gasteiger partial charge in [0.2, 0.25) is 0 Å². The first-order valence-electron chi connectivity index (χ1n) is 18.7. The molecule has 0 aliphatic rings. The molecule has 0 aliphatic carbocycles. The highest BCUT2D eigenvalue weighted by atomic mass is 15.1. The van der Waals surface area contributed by atoms with Crippen LogP contribution in [0.5, 0.6) is 0 Å². The summed E-state index contributed by atoms with van der Waals surface area (Å²) in [5.74, 6) is 0. The molecule has 0 aliphatic heterocycles. The summed E-state index contributed by atoms with van der Waals surface area (Å²) in [5, 5.41) is 36.5. The highest BCUT2D eigenvalue weighted by molar-refractivity contribution is 6.15. The summed E-state index contributed by atoms with van der Waals surface area (Å²) in [6.45, 7) is 0. The fourth-order valence-electron chi connectivity index (χ4n) is 8.87. The zero-order chi connectivity index (χ0) is 38.2. The second-order valence-electron chi connectivity index (χ2n) is 14.3. The maximum absolute atomic E-state index is 10.4. The van der Waals surface area contributed by atoms with E-state index in [-0.39, 0.29) is 0 Å². The molecule has 0 fully saturated rings. The molecule has 0 unspecified atom stereocenters. The van der Waals surface area contributed by atoms with Gasteiger partial charge in [-0.15, -0.1) is 0 Å². The van der Waals surface area contributed by atoms with Crippen molar-refractivity contribution in [1.82, 2.24) is 13.7 Å². The van der Waals surface area contributed by atoms with Crippen LogP contribution in [0.1, 0.15) is 16.7 Å². The Hall–Kier alpha value is -8.37. The lowest BCUT2D eigenvalue weighted by Gasteiger charge is -2.16. The lowest BCUT2D eigenvalue weighted by Crippen LogP contribution is -2.01. The summed E-state index contributed by atoms with van der Waals surface area (Å²) in [7, 11) is 0. The van der Waals surface area contributed by atoms with Gasteiger partial charge in [0.25, 0.3) is 0 Å². The number of rotatable bonds is 4. The van der Waals surface area contributed by atoms with Crippen LogP contribution >= 0.6 is 0 Å². The average Bonchev–Trinajstić information content (AvgIpc) is 3.91. The minimum absolute atomic E-state index is 0.544. The smallest absolute Gasteiger partial charge is 0.0992 e. The molecule has 57 heavy (non-hydrogen) atoms. The number of nitriles is 3. The zero-order valence-electron chi connectivity index (χ0n) is 30.3. The number of hydrogen-bond donors (Lipinski definition) is 0. The molecule has 6 heteroatoms. The van der Waals surface area contributed by atoms with Gasteiger partial charge in [-0.1, -0.05) is 78.9 Å². The number of para-hydroxylation sites is 4. The Morgan fingerprint density at radius 2 is 0.825 bits per heavy atom. The number of benzene rings is 8. The minimum atomic E-state index is 0.544. The fraction of sp³-hybridized carbons (Fsp3) is 0. The Balaban J connectivity index is 1.17. The SMILES string of the molecule is N#Cc1cc(-c2cccc(-n3c4ccc(C#N)cc4c4cccc(-n5c6ccccc6c6ccccc65)c43)c2)cc(-n2c3ccccc3c3cc(C#N)ccc32)c1. The van der Waals surface area contributed by atoms with Crippen LogP contribution in [0.3, 0.4) is 0 Å². The topological polar surface area (TPSA) is 86.2 Å². The summed E-state index contributed by atoms with van der Waals surface area (Å²) < 4.78 is 6.84. The molecule has 0 bridgehead atoms. The van der Waals surface area contributed by atoms with Crippen molar-refractivity contribution < 1.29 is 0 Å². The summed E-state index contributed by atoms with van der Waals surface area (Å²) in [6, 6.07) is 64.9. The Morgan fingerprint density at radius 1 is 0.316 bits per heavy atom. The molecule has 11 aromatic rings. The van der Waals surface area contributed by atoms with E-state index in [0.717, 1.165) is 82.8 Å². The van der Waals surface area contributed by atoms with Gasteiger partial charge in [0.15, 0.2) is 0 Å². The van der Waals surface area contributed by atoms with E-state index < -0.39 is 0 Å². The van der Waals surface area contributed by atoms with Crippen molar-refractivity contribution in [2.45, 2.75) is 0 Å². The highest BCUT2D eigenvalue weighted by Gasteiger charge is 2.21. The Bertz CT molecular complexity index is 3580. The molecule has 6 nitrogen and oxygen atoms in total. The largest absolute Gasteiger partial charge is 0.309 e. The first-order valence-corrected chi connectivity index (χ1v) is 18.7. The van der Waals surface area contributed by atoms with Gasteiger partial charge in [0, 0.05) is 43.7 Å². The fourth-order valence-corrected chi connectivity index (χ4v) is 8.87. The van der Waals surface area contributed by atoms with Crippen molar-refractivity contribution >= 4 is 65.4 Å². The zero-order valence-corrected chi connectivity index (χ0v) is 30.3. The van der Waals surface area contributed by atoms with Crippen molar-refractivity contribution in [1.29, 1.82) is 15.8 Å². The molecule has 0 amide bonds. The van der Waals surface area contributed by atoms with Gasteiger partial charge >= 0.3 is 0 Å². The minimum Gasteiger partial charge on any atom is -0.309 e. The lowest BCUT2D eigenvalue weighted by molar-refractivity contribution is 1.13. The predicted molar refractivity (Wildman–Crippen MR) is 229 cm³/mol. The van der Waals surface area contributed by atoms with E-state index in [1.54, 1.807) is 0 Å². The van der Waals surface area contributed by atoms with E-state index in [1.165, 1.54) is 10.8 Å². The standard InChI is InChI=1S/C51H28N6/c52-29-32-19-21-48-43(25-32)41-13-3-4-15-45(41)55(48)38-24-34(31-54)23-36(28-38)35-9-7-10-37(27-35)56-49-22-20-33(30-53)26-44(49)42-14-8-18-50(51(42)56)57-46-16-5-1-11-39(46)40-12-2-6-17-47(40)57/h1-28H. The molecule has 0 radical (unpaired) electrons. The Labute approximate surface area is 326 Å². The number of hydrogen-bond acceptors (Lipinski definition) is 3. The lowest BCUT2D eigenvalue weighted by atomic mass is 10.0. The van der Waals surface area contributed by atoms with Crippen LogP contribution in [0.15, 0.2) is 170 Å².